The van der Waals surface area contributed by atoms with E-state index in [1.807, 2.05) is 0 Å². The van der Waals surface area contributed by atoms with Crippen molar-refractivity contribution in [1.29, 1.82) is 0 Å². The lowest BCUT2D eigenvalue weighted by molar-refractivity contribution is 0.0787. The van der Waals surface area contributed by atoms with Gasteiger partial charge in [0.05, 0.1) is 12.4 Å². The molecule has 0 spiro atoms. The van der Waals surface area contributed by atoms with Crippen LogP contribution in [0.1, 0.15) is 34.6 Å². The molecule has 0 radical (unpaired) electrons. The molecule has 0 saturated carbocycles. The topological polar surface area (TPSA) is 81.2 Å². The van der Waals surface area contributed by atoms with Crippen molar-refractivity contribution in [3.63, 3.8) is 0 Å². The van der Waals surface area contributed by atoms with E-state index in [1.165, 1.54) is 12.3 Å². The van der Waals surface area contributed by atoms with Crippen molar-refractivity contribution in [1.82, 2.24) is 34.5 Å². The minimum atomic E-state index is -2.69. The first-order valence-electron chi connectivity index (χ1n) is 8.29. The third-order valence-corrected chi connectivity index (χ3v) is 4.57. The number of hydrogen-bond acceptors (Lipinski definition) is 5. The Hall–Kier alpha value is -2.91. The van der Waals surface area contributed by atoms with Crippen LogP contribution in [0.5, 0.6) is 0 Å². The van der Waals surface area contributed by atoms with Gasteiger partial charge in [0.15, 0.2) is 5.65 Å². The molecule has 1 amide bonds. The van der Waals surface area contributed by atoms with Gasteiger partial charge in [0.1, 0.15) is 11.3 Å². The molecule has 0 aliphatic carbocycles. The van der Waals surface area contributed by atoms with Gasteiger partial charge in [-0.05, 0) is 25.3 Å². The van der Waals surface area contributed by atoms with Gasteiger partial charge in [0.2, 0.25) is 0 Å². The minimum Gasteiger partial charge on any atom is -0.338 e. The zero-order valence-electron chi connectivity index (χ0n) is 14.1. The Labute approximate surface area is 147 Å². The summed E-state index contributed by atoms with van der Waals surface area (Å²) in [6.07, 6.45) is 2.88. The van der Waals surface area contributed by atoms with Crippen molar-refractivity contribution in [2.75, 3.05) is 13.1 Å². The quantitative estimate of drug-likeness (QED) is 0.707. The number of carbonyl (C=O) groups excluding carboxylic acids is 1. The predicted molar refractivity (Wildman–Crippen MR) is 86.7 cm³/mol. The standard InChI is InChI=1S/C16H17F2N7O/c1-10-6-13(14(17)18)25-15(21-10)12(7-20-25)16(26)23-4-2-11(8-23)9-24-5-3-19-22-24/h3,5-7,11,14H,2,4,8-9H2,1H3. The van der Waals surface area contributed by atoms with Gasteiger partial charge in [0, 0.05) is 31.5 Å². The van der Waals surface area contributed by atoms with Crippen molar-refractivity contribution < 1.29 is 13.6 Å². The molecule has 3 aromatic rings. The van der Waals surface area contributed by atoms with Gasteiger partial charge in [-0.15, -0.1) is 5.10 Å². The second-order valence-corrected chi connectivity index (χ2v) is 6.45. The Kier molecular flexibility index (Phi) is 4.09. The molecule has 0 N–H and O–H groups in total. The molecule has 4 rings (SSSR count). The number of aryl methyl sites for hydroxylation is 1. The van der Waals surface area contributed by atoms with Crippen LogP contribution in [-0.4, -0.2) is 53.5 Å². The van der Waals surface area contributed by atoms with Crippen LogP contribution in [0.2, 0.25) is 0 Å². The predicted octanol–water partition coefficient (Wildman–Crippen LogP) is 1.73. The molecule has 0 bridgehead atoms. The van der Waals surface area contributed by atoms with Gasteiger partial charge < -0.3 is 4.90 Å². The third kappa shape index (κ3) is 2.91. The molecule has 1 fully saturated rings. The Balaban J connectivity index is 1.57. The number of fused-ring (bicyclic) bond motifs is 1. The number of nitrogens with zero attached hydrogens (tertiary/aromatic N) is 7. The first-order chi connectivity index (χ1) is 12.5. The van der Waals surface area contributed by atoms with E-state index in [1.54, 1.807) is 28.9 Å². The number of hydrogen-bond donors (Lipinski definition) is 0. The smallest absolute Gasteiger partial charge is 0.280 e. The largest absolute Gasteiger partial charge is 0.338 e. The molecule has 8 nitrogen and oxygen atoms in total. The zero-order chi connectivity index (χ0) is 18.3. The van der Waals surface area contributed by atoms with Gasteiger partial charge in [0.25, 0.3) is 12.3 Å². The number of aromatic nitrogens is 6. The van der Waals surface area contributed by atoms with E-state index >= 15 is 0 Å². The van der Waals surface area contributed by atoms with E-state index in [0.29, 0.717) is 25.3 Å². The lowest BCUT2D eigenvalue weighted by atomic mass is 10.1. The first kappa shape index (κ1) is 16.6. The van der Waals surface area contributed by atoms with Crippen LogP contribution < -0.4 is 0 Å². The summed E-state index contributed by atoms with van der Waals surface area (Å²) in [5.74, 6) is 0.0354. The van der Waals surface area contributed by atoms with Crippen molar-refractivity contribution >= 4 is 11.6 Å². The minimum absolute atomic E-state index is 0.171. The molecule has 10 heteroatoms. The maximum Gasteiger partial charge on any atom is 0.280 e. The molecular formula is C16H17F2N7O. The summed E-state index contributed by atoms with van der Waals surface area (Å²) in [5, 5.41) is 11.7. The normalized spacial score (nSPS) is 17.5. The molecule has 3 aromatic heterocycles. The van der Waals surface area contributed by atoms with Gasteiger partial charge in [-0.1, -0.05) is 5.21 Å². The first-order valence-corrected chi connectivity index (χ1v) is 8.29. The summed E-state index contributed by atoms with van der Waals surface area (Å²) < 4.78 is 29.2. The molecule has 1 aliphatic rings. The molecule has 0 aromatic carbocycles. The van der Waals surface area contributed by atoms with Gasteiger partial charge in [-0.3, -0.25) is 9.48 Å². The highest BCUT2D eigenvalue weighted by Crippen LogP contribution is 2.24. The van der Waals surface area contributed by atoms with Crippen molar-refractivity contribution in [3.05, 3.63) is 41.6 Å². The molecule has 4 heterocycles. The van der Waals surface area contributed by atoms with Gasteiger partial charge >= 0.3 is 0 Å². The molecule has 1 saturated heterocycles. The number of amides is 1. The van der Waals surface area contributed by atoms with Crippen LogP contribution in [0, 0.1) is 12.8 Å². The fourth-order valence-corrected chi connectivity index (χ4v) is 3.35. The molecule has 1 aliphatic heterocycles. The van der Waals surface area contributed by atoms with E-state index in [4.69, 9.17) is 0 Å². The third-order valence-electron chi connectivity index (χ3n) is 4.57. The number of halogens is 2. The highest BCUT2D eigenvalue weighted by Gasteiger charge is 2.30. The summed E-state index contributed by atoms with van der Waals surface area (Å²) in [6.45, 7) is 3.48. The summed E-state index contributed by atoms with van der Waals surface area (Å²) >= 11 is 0. The van der Waals surface area contributed by atoms with Crippen LogP contribution in [0.3, 0.4) is 0 Å². The Morgan fingerprint density at radius 1 is 1.42 bits per heavy atom. The van der Waals surface area contributed by atoms with Crippen molar-refractivity contribution in [2.45, 2.75) is 26.3 Å². The molecular weight excluding hydrogens is 344 g/mol. The van der Waals surface area contributed by atoms with Gasteiger partial charge in [-0.2, -0.15) is 5.10 Å². The average molecular weight is 361 g/mol. The van der Waals surface area contributed by atoms with Crippen molar-refractivity contribution in [2.24, 2.45) is 5.92 Å². The highest BCUT2D eigenvalue weighted by molar-refractivity contribution is 5.99. The molecule has 1 atom stereocenters. The molecule has 136 valence electrons. The van der Waals surface area contributed by atoms with Crippen LogP contribution in [0.4, 0.5) is 8.78 Å². The van der Waals surface area contributed by atoms with Gasteiger partial charge in [-0.25, -0.2) is 18.3 Å². The molecule has 1 unspecified atom stereocenters. The van der Waals surface area contributed by atoms with Crippen molar-refractivity contribution in [3.8, 4) is 0 Å². The maximum atomic E-state index is 13.2. The zero-order valence-corrected chi connectivity index (χ0v) is 14.1. The monoisotopic (exact) mass is 361 g/mol. The second kappa shape index (κ2) is 6.43. The Morgan fingerprint density at radius 2 is 2.27 bits per heavy atom. The summed E-state index contributed by atoms with van der Waals surface area (Å²) in [4.78, 5) is 18.8. The van der Waals surface area contributed by atoms with E-state index in [0.717, 1.165) is 10.9 Å². The van der Waals surface area contributed by atoms with E-state index in [9.17, 15) is 13.6 Å². The summed E-state index contributed by atoms with van der Waals surface area (Å²) in [7, 11) is 0. The Bertz CT molecular complexity index is 938. The van der Waals surface area contributed by atoms with Crippen LogP contribution >= 0.6 is 0 Å². The summed E-state index contributed by atoms with van der Waals surface area (Å²) in [6, 6.07) is 1.28. The Morgan fingerprint density at radius 3 is 3.00 bits per heavy atom. The molecule has 26 heavy (non-hydrogen) atoms. The maximum absolute atomic E-state index is 13.2. The van der Waals surface area contributed by atoms with E-state index < -0.39 is 6.43 Å². The van der Waals surface area contributed by atoms with E-state index in [-0.39, 0.29) is 28.7 Å². The van der Waals surface area contributed by atoms with Crippen LogP contribution in [0.15, 0.2) is 24.7 Å². The SMILES string of the molecule is Cc1cc(C(F)F)n2ncc(C(=O)N3CCC(Cn4ccnn4)C3)c2n1. The fraction of sp³-hybridized carbons (Fsp3) is 0.438. The van der Waals surface area contributed by atoms with Crippen LogP contribution in [0.25, 0.3) is 5.65 Å². The fourth-order valence-electron chi connectivity index (χ4n) is 3.35. The number of alkyl halides is 2. The average Bonchev–Trinajstić information content (AvgIpc) is 3.34. The highest BCUT2D eigenvalue weighted by atomic mass is 19.3. The van der Waals surface area contributed by atoms with Crippen LogP contribution in [-0.2, 0) is 6.54 Å². The lowest BCUT2D eigenvalue weighted by Gasteiger charge is -2.16. The number of likely N-dealkylation sites (tertiary alicyclic amines) is 1. The lowest BCUT2D eigenvalue weighted by Crippen LogP contribution is -2.29. The van der Waals surface area contributed by atoms with E-state index in [2.05, 4.69) is 20.4 Å². The second-order valence-electron chi connectivity index (χ2n) is 6.45. The summed E-state index contributed by atoms with van der Waals surface area (Å²) in [5.41, 5.74) is 0.576. The number of carbonyl (C=O) groups is 1. The number of rotatable bonds is 4.